The Hall–Kier alpha value is -0.160. The molecule has 0 radical (unpaired) electrons. The van der Waals surface area contributed by atoms with Gasteiger partial charge in [-0.25, -0.2) is 0 Å². The van der Waals surface area contributed by atoms with Crippen LogP contribution in [0.2, 0.25) is 0 Å². The number of hydrogen-bond donors (Lipinski definition) is 1. The first-order valence-corrected chi connectivity index (χ1v) is 7.61. The highest BCUT2D eigenvalue weighted by Gasteiger charge is 2.22. The van der Waals surface area contributed by atoms with Crippen LogP contribution in [0, 0.1) is 5.92 Å². The van der Waals surface area contributed by atoms with Crippen molar-refractivity contribution in [3.05, 3.63) is 0 Å². The van der Waals surface area contributed by atoms with Crippen LogP contribution in [0.4, 0.5) is 0 Å². The van der Waals surface area contributed by atoms with Crippen molar-refractivity contribution in [1.29, 1.82) is 0 Å². The van der Waals surface area contributed by atoms with Gasteiger partial charge in [-0.1, -0.05) is 6.92 Å². The first kappa shape index (κ1) is 14.3. The van der Waals surface area contributed by atoms with Gasteiger partial charge in [0.2, 0.25) is 0 Å². The third-order valence-electron chi connectivity index (χ3n) is 4.07. The van der Waals surface area contributed by atoms with Crippen LogP contribution in [-0.2, 0) is 4.74 Å². The van der Waals surface area contributed by atoms with Crippen LogP contribution in [0.3, 0.4) is 0 Å². The zero-order valence-corrected chi connectivity index (χ0v) is 11.9. The highest BCUT2D eigenvalue weighted by Crippen LogP contribution is 2.15. The maximum Gasteiger partial charge on any atom is 0.0594 e. The molecular weight excluding hydrogens is 226 g/mol. The molecule has 2 saturated heterocycles. The minimum atomic E-state index is 0.876. The van der Waals surface area contributed by atoms with Gasteiger partial charge >= 0.3 is 0 Å². The molecule has 18 heavy (non-hydrogen) atoms. The lowest BCUT2D eigenvalue weighted by Gasteiger charge is -2.28. The molecule has 0 aliphatic carbocycles. The number of nitrogens with zero attached hydrogens (tertiary/aromatic N) is 2. The molecule has 0 aromatic carbocycles. The Morgan fingerprint density at radius 3 is 2.67 bits per heavy atom. The summed E-state index contributed by atoms with van der Waals surface area (Å²) in [6, 6.07) is 0. The predicted molar refractivity (Wildman–Crippen MR) is 75.0 cm³/mol. The van der Waals surface area contributed by atoms with Gasteiger partial charge in [0.1, 0.15) is 0 Å². The smallest absolute Gasteiger partial charge is 0.0594 e. The quantitative estimate of drug-likeness (QED) is 0.676. The molecule has 2 rings (SSSR count). The van der Waals surface area contributed by atoms with Crippen LogP contribution in [0.15, 0.2) is 0 Å². The maximum absolute atomic E-state index is 5.38. The molecule has 0 saturated carbocycles. The highest BCUT2D eigenvalue weighted by molar-refractivity contribution is 4.78. The number of hydrogen-bond acceptors (Lipinski definition) is 4. The molecule has 2 fully saturated rings. The summed E-state index contributed by atoms with van der Waals surface area (Å²) in [7, 11) is 0. The minimum Gasteiger partial charge on any atom is -0.379 e. The lowest BCUT2D eigenvalue weighted by Crippen LogP contribution is -2.41. The predicted octanol–water partition coefficient (Wildman–Crippen LogP) is 0.640. The zero-order valence-electron chi connectivity index (χ0n) is 11.9. The number of nitrogens with one attached hydrogen (secondary N) is 1. The van der Waals surface area contributed by atoms with E-state index in [2.05, 4.69) is 22.0 Å². The summed E-state index contributed by atoms with van der Waals surface area (Å²) < 4.78 is 5.38. The number of morpholine rings is 1. The molecule has 4 nitrogen and oxygen atoms in total. The summed E-state index contributed by atoms with van der Waals surface area (Å²) in [6.07, 6.45) is 2.62. The van der Waals surface area contributed by atoms with Crippen molar-refractivity contribution in [2.45, 2.75) is 19.8 Å². The van der Waals surface area contributed by atoms with Crippen LogP contribution in [0.1, 0.15) is 19.8 Å². The zero-order chi connectivity index (χ0) is 12.6. The summed E-state index contributed by atoms with van der Waals surface area (Å²) >= 11 is 0. The van der Waals surface area contributed by atoms with E-state index in [9.17, 15) is 0 Å². The van der Waals surface area contributed by atoms with Gasteiger partial charge in [-0.2, -0.15) is 0 Å². The van der Waals surface area contributed by atoms with E-state index in [0.717, 1.165) is 32.2 Å². The summed E-state index contributed by atoms with van der Waals surface area (Å²) in [5.41, 5.74) is 0. The fraction of sp³-hybridized carbons (Fsp3) is 1.00. The molecule has 2 aliphatic heterocycles. The molecule has 2 aliphatic rings. The van der Waals surface area contributed by atoms with E-state index in [1.165, 1.54) is 52.1 Å². The molecule has 1 atom stereocenters. The molecule has 0 aromatic rings. The molecule has 1 unspecified atom stereocenters. The second kappa shape index (κ2) is 8.10. The SMILES string of the molecule is CCCNCC1CCN(CCN2CCOCC2)C1. The van der Waals surface area contributed by atoms with Gasteiger partial charge in [0.05, 0.1) is 13.2 Å². The maximum atomic E-state index is 5.38. The Bertz CT molecular complexity index is 219. The molecular formula is C14H29N3O. The van der Waals surface area contributed by atoms with Crippen molar-refractivity contribution in [2.24, 2.45) is 5.92 Å². The van der Waals surface area contributed by atoms with Gasteiger partial charge in [0.15, 0.2) is 0 Å². The van der Waals surface area contributed by atoms with Crippen LogP contribution in [0.5, 0.6) is 0 Å². The topological polar surface area (TPSA) is 27.7 Å². The Balaban J connectivity index is 1.54. The average molecular weight is 255 g/mol. The molecule has 0 bridgehead atoms. The fourth-order valence-corrected chi connectivity index (χ4v) is 2.87. The van der Waals surface area contributed by atoms with E-state index in [0.29, 0.717) is 0 Å². The molecule has 0 amide bonds. The van der Waals surface area contributed by atoms with Gasteiger partial charge in [-0.05, 0) is 38.4 Å². The molecule has 106 valence electrons. The fourth-order valence-electron chi connectivity index (χ4n) is 2.87. The molecule has 1 N–H and O–H groups in total. The van der Waals surface area contributed by atoms with E-state index >= 15 is 0 Å². The van der Waals surface area contributed by atoms with Gasteiger partial charge in [0.25, 0.3) is 0 Å². The van der Waals surface area contributed by atoms with E-state index in [4.69, 9.17) is 4.74 Å². The largest absolute Gasteiger partial charge is 0.379 e. The summed E-state index contributed by atoms with van der Waals surface area (Å²) in [5.74, 6) is 0.876. The summed E-state index contributed by atoms with van der Waals surface area (Å²) in [5, 5.41) is 3.55. The molecule has 2 heterocycles. The monoisotopic (exact) mass is 255 g/mol. The molecule has 4 heteroatoms. The second-order valence-corrected chi connectivity index (χ2v) is 5.61. The first-order chi connectivity index (χ1) is 8.88. The lowest BCUT2D eigenvalue weighted by molar-refractivity contribution is 0.0342. The summed E-state index contributed by atoms with van der Waals surface area (Å²) in [4.78, 5) is 5.17. The number of rotatable bonds is 7. The molecule has 0 spiro atoms. The second-order valence-electron chi connectivity index (χ2n) is 5.61. The van der Waals surface area contributed by atoms with Crippen LogP contribution in [0.25, 0.3) is 0 Å². The Kier molecular flexibility index (Phi) is 6.41. The van der Waals surface area contributed by atoms with Gasteiger partial charge in [0, 0.05) is 32.7 Å². The third kappa shape index (κ3) is 4.84. The van der Waals surface area contributed by atoms with Crippen LogP contribution >= 0.6 is 0 Å². The van der Waals surface area contributed by atoms with Crippen molar-refractivity contribution in [3.63, 3.8) is 0 Å². The average Bonchev–Trinajstić information content (AvgIpc) is 2.86. The number of ether oxygens (including phenoxy) is 1. The van der Waals surface area contributed by atoms with Crippen molar-refractivity contribution < 1.29 is 4.74 Å². The Morgan fingerprint density at radius 1 is 1.11 bits per heavy atom. The lowest BCUT2D eigenvalue weighted by atomic mass is 10.1. The Morgan fingerprint density at radius 2 is 1.89 bits per heavy atom. The highest BCUT2D eigenvalue weighted by atomic mass is 16.5. The normalized spacial score (nSPS) is 26.8. The van der Waals surface area contributed by atoms with Crippen LogP contribution < -0.4 is 5.32 Å². The summed E-state index contributed by atoms with van der Waals surface area (Å²) in [6.45, 7) is 13.7. The van der Waals surface area contributed by atoms with Crippen molar-refractivity contribution >= 4 is 0 Å². The van der Waals surface area contributed by atoms with Crippen LogP contribution in [-0.4, -0.2) is 75.4 Å². The molecule has 0 aromatic heterocycles. The van der Waals surface area contributed by atoms with Gasteiger partial charge < -0.3 is 15.0 Å². The number of likely N-dealkylation sites (tertiary alicyclic amines) is 1. The van der Waals surface area contributed by atoms with Crippen molar-refractivity contribution in [3.8, 4) is 0 Å². The third-order valence-corrected chi connectivity index (χ3v) is 4.07. The van der Waals surface area contributed by atoms with E-state index in [1.807, 2.05) is 0 Å². The minimum absolute atomic E-state index is 0.876. The van der Waals surface area contributed by atoms with E-state index in [1.54, 1.807) is 0 Å². The van der Waals surface area contributed by atoms with E-state index in [-0.39, 0.29) is 0 Å². The first-order valence-electron chi connectivity index (χ1n) is 7.61. The Labute approximate surface area is 112 Å². The van der Waals surface area contributed by atoms with Crippen molar-refractivity contribution in [2.75, 3.05) is 65.6 Å². The van der Waals surface area contributed by atoms with Gasteiger partial charge in [-0.15, -0.1) is 0 Å². The van der Waals surface area contributed by atoms with Gasteiger partial charge in [-0.3, -0.25) is 4.90 Å². The standard InChI is InChI=1S/C14H29N3O/c1-2-4-15-12-14-3-5-17(13-14)7-6-16-8-10-18-11-9-16/h14-15H,2-13H2,1H3. The van der Waals surface area contributed by atoms with E-state index < -0.39 is 0 Å². The van der Waals surface area contributed by atoms with Crippen molar-refractivity contribution in [1.82, 2.24) is 15.1 Å².